The fraction of sp³-hybridized carbons (Fsp3) is 0.478. The first-order chi connectivity index (χ1) is 15.6. The van der Waals surface area contributed by atoms with Gasteiger partial charge in [-0.15, -0.1) is 0 Å². The number of methoxy groups -OCH3 is 1. The van der Waals surface area contributed by atoms with Crippen LogP contribution < -0.4 is 15.4 Å². The Kier molecular flexibility index (Phi) is 5.53. The number of aromatic nitrogens is 4. The number of ether oxygens (including phenoxy) is 1. The zero-order valence-electron chi connectivity index (χ0n) is 18.4. The zero-order chi connectivity index (χ0) is 22.1. The predicted molar refractivity (Wildman–Crippen MR) is 123 cm³/mol. The van der Waals surface area contributed by atoms with Gasteiger partial charge in [0.15, 0.2) is 5.82 Å². The van der Waals surface area contributed by atoms with Crippen molar-refractivity contribution in [1.82, 2.24) is 25.1 Å². The molecular formula is C23H28N8O. The standard InChI is InChI=1S/C23H28N8O/c1-14-10-21(30-29-14)27-20-13-19-18(6-7-22(26-19)32-2)23(28-20)25-15-11-16-4-5-17(12-15)31(16)9-3-8-24/h6-7,10,13,15-17H,3-5,9,11-12H2,1-2H3,(H3,25,27,28,29,30)/t15?,16-,17+. The Morgan fingerprint density at radius 3 is 2.69 bits per heavy atom. The molecule has 0 radical (unpaired) electrons. The van der Waals surface area contributed by atoms with Crippen LogP contribution in [0.5, 0.6) is 5.88 Å². The van der Waals surface area contributed by atoms with Crippen molar-refractivity contribution in [2.75, 3.05) is 24.3 Å². The van der Waals surface area contributed by atoms with Gasteiger partial charge in [0, 0.05) is 60.4 Å². The van der Waals surface area contributed by atoms with E-state index in [2.05, 4.69) is 36.8 Å². The van der Waals surface area contributed by atoms with Gasteiger partial charge in [0.25, 0.3) is 0 Å². The van der Waals surface area contributed by atoms with Crippen LogP contribution in [0.25, 0.3) is 10.9 Å². The second kappa shape index (κ2) is 8.63. The number of anilines is 3. The van der Waals surface area contributed by atoms with E-state index in [0.29, 0.717) is 42.1 Å². The molecular weight excluding hydrogens is 404 g/mol. The van der Waals surface area contributed by atoms with Gasteiger partial charge < -0.3 is 15.4 Å². The molecule has 2 bridgehead atoms. The smallest absolute Gasteiger partial charge is 0.213 e. The molecule has 5 rings (SSSR count). The van der Waals surface area contributed by atoms with Gasteiger partial charge in [-0.1, -0.05) is 0 Å². The van der Waals surface area contributed by atoms with Crippen LogP contribution in [0, 0.1) is 18.3 Å². The molecule has 32 heavy (non-hydrogen) atoms. The molecule has 2 saturated heterocycles. The number of piperidine rings is 1. The topological polar surface area (TPSA) is 115 Å². The van der Waals surface area contributed by atoms with Crippen molar-refractivity contribution >= 4 is 28.4 Å². The van der Waals surface area contributed by atoms with Gasteiger partial charge >= 0.3 is 0 Å². The third kappa shape index (κ3) is 4.06. The van der Waals surface area contributed by atoms with Gasteiger partial charge in [-0.3, -0.25) is 10.00 Å². The van der Waals surface area contributed by atoms with Crippen molar-refractivity contribution in [1.29, 1.82) is 5.26 Å². The number of aryl methyl sites for hydroxylation is 1. The molecule has 3 aromatic rings. The summed E-state index contributed by atoms with van der Waals surface area (Å²) in [6.45, 7) is 2.84. The summed E-state index contributed by atoms with van der Waals surface area (Å²) in [5, 5.41) is 24.2. The summed E-state index contributed by atoms with van der Waals surface area (Å²) < 4.78 is 5.34. The largest absolute Gasteiger partial charge is 0.481 e. The van der Waals surface area contributed by atoms with Crippen LogP contribution in [0.1, 0.15) is 37.8 Å². The molecule has 0 aromatic carbocycles. The first-order valence-corrected chi connectivity index (χ1v) is 11.2. The van der Waals surface area contributed by atoms with Crippen LogP contribution in [0.2, 0.25) is 0 Å². The SMILES string of the molecule is COc1ccc2c(NC3C[C@H]4CC[C@@H](C3)N4CCC#N)nc(Nc3cc(C)[nH]n3)cc2n1. The Morgan fingerprint density at radius 2 is 2.00 bits per heavy atom. The van der Waals surface area contributed by atoms with Crippen LogP contribution in [0.4, 0.5) is 17.5 Å². The van der Waals surface area contributed by atoms with E-state index >= 15 is 0 Å². The summed E-state index contributed by atoms with van der Waals surface area (Å²) in [6.07, 6.45) is 5.14. The lowest BCUT2D eigenvalue weighted by Crippen LogP contribution is -2.47. The van der Waals surface area contributed by atoms with E-state index in [1.54, 1.807) is 7.11 Å². The van der Waals surface area contributed by atoms with Crippen molar-refractivity contribution in [2.24, 2.45) is 0 Å². The van der Waals surface area contributed by atoms with E-state index in [0.717, 1.165) is 41.8 Å². The number of pyridine rings is 2. The molecule has 2 aliphatic heterocycles. The van der Waals surface area contributed by atoms with Crippen LogP contribution >= 0.6 is 0 Å². The van der Waals surface area contributed by atoms with Gasteiger partial charge in [-0.25, -0.2) is 9.97 Å². The molecule has 2 aliphatic rings. The Balaban J connectivity index is 1.42. The van der Waals surface area contributed by atoms with Gasteiger partial charge in [0.2, 0.25) is 5.88 Å². The summed E-state index contributed by atoms with van der Waals surface area (Å²) in [4.78, 5) is 12.1. The van der Waals surface area contributed by atoms with Crippen molar-refractivity contribution in [2.45, 2.75) is 57.2 Å². The van der Waals surface area contributed by atoms with Gasteiger partial charge in [0.1, 0.15) is 11.6 Å². The second-order valence-corrected chi connectivity index (χ2v) is 8.68. The fourth-order valence-electron chi connectivity index (χ4n) is 5.14. The Labute approximate surface area is 187 Å². The van der Waals surface area contributed by atoms with Crippen molar-refractivity contribution in [3.63, 3.8) is 0 Å². The molecule has 0 amide bonds. The van der Waals surface area contributed by atoms with E-state index < -0.39 is 0 Å². The van der Waals surface area contributed by atoms with Crippen LogP contribution in [-0.2, 0) is 0 Å². The Hall–Kier alpha value is -3.38. The van der Waals surface area contributed by atoms with Gasteiger partial charge in [-0.05, 0) is 38.7 Å². The third-order valence-corrected chi connectivity index (χ3v) is 6.54. The number of hydrogen-bond acceptors (Lipinski definition) is 8. The Bertz CT molecular complexity index is 1140. The fourth-order valence-corrected chi connectivity index (χ4v) is 5.14. The number of nitrogens with one attached hydrogen (secondary N) is 3. The number of fused-ring (bicyclic) bond motifs is 3. The van der Waals surface area contributed by atoms with E-state index in [4.69, 9.17) is 15.0 Å². The number of aromatic amines is 1. The number of H-pyrrole nitrogens is 1. The first-order valence-electron chi connectivity index (χ1n) is 11.2. The summed E-state index contributed by atoms with van der Waals surface area (Å²) in [7, 11) is 1.62. The molecule has 5 heterocycles. The molecule has 0 spiro atoms. The molecule has 3 atom stereocenters. The monoisotopic (exact) mass is 432 g/mol. The quantitative estimate of drug-likeness (QED) is 0.517. The van der Waals surface area contributed by atoms with Crippen LogP contribution in [0.15, 0.2) is 24.3 Å². The molecule has 9 nitrogen and oxygen atoms in total. The average molecular weight is 433 g/mol. The number of nitriles is 1. The molecule has 1 unspecified atom stereocenters. The Morgan fingerprint density at radius 1 is 1.19 bits per heavy atom. The highest BCUT2D eigenvalue weighted by atomic mass is 16.5. The van der Waals surface area contributed by atoms with Crippen molar-refractivity contribution < 1.29 is 4.74 Å². The van der Waals surface area contributed by atoms with Crippen LogP contribution in [0.3, 0.4) is 0 Å². The lowest BCUT2D eigenvalue weighted by Gasteiger charge is -2.39. The lowest BCUT2D eigenvalue weighted by molar-refractivity contribution is 0.136. The molecule has 166 valence electrons. The zero-order valence-corrected chi connectivity index (χ0v) is 18.4. The maximum Gasteiger partial charge on any atom is 0.213 e. The van der Waals surface area contributed by atoms with E-state index in [1.807, 2.05) is 31.2 Å². The van der Waals surface area contributed by atoms with E-state index in [9.17, 15) is 0 Å². The molecule has 3 N–H and O–H groups in total. The average Bonchev–Trinajstić information content (AvgIpc) is 3.30. The summed E-state index contributed by atoms with van der Waals surface area (Å²) >= 11 is 0. The molecule has 9 heteroatoms. The normalized spacial score (nSPS) is 22.6. The van der Waals surface area contributed by atoms with E-state index in [1.165, 1.54) is 12.8 Å². The summed E-state index contributed by atoms with van der Waals surface area (Å²) in [5.41, 5.74) is 1.79. The lowest BCUT2D eigenvalue weighted by atomic mass is 9.97. The molecule has 0 saturated carbocycles. The maximum absolute atomic E-state index is 8.98. The molecule has 2 fully saturated rings. The highest BCUT2D eigenvalue weighted by Gasteiger charge is 2.40. The summed E-state index contributed by atoms with van der Waals surface area (Å²) in [6, 6.07) is 11.4. The predicted octanol–water partition coefficient (Wildman–Crippen LogP) is 3.73. The van der Waals surface area contributed by atoms with E-state index in [-0.39, 0.29) is 0 Å². The second-order valence-electron chi connectivity index (χ2n) is 8.68. The molecule has 3 aromatic heterocycles. The van der Waals surface area contributed by atoms with Crippen molar-refractivity contribution in [3.8, 4) is 11.9 Å². The number of nitrogens with zero attached hydrogens (tertiary/aromatic N) is 5. The number of hydrogen-bond donors (Lipinski definition) is 3. The number of rotatable bonds is 7. The van der Waals surface area contributed by atoms with Crippen molar-refractivity contribution in [3.05, 3.63) is 30.0 Å². The minimum Gasteiger partial charge on any atom is -0.481 e. The third-order valence-electron chi connectivity index (χ3n) is 6.54. The first kappa shape index (κ1) is 20.5. The minimum atomic E-state index is 0.339. The van der Waals surface area contributed by atoms with Gasteiger partial charge in [-0.2, -0.15) is 10.4 Å². The highest BCUT2D eigenvalue weighted by Crippen LogP contribution is 2.37. The summed E-state index contributed by atoms with van der Waals surface area (Å²) in [5.74, 6) is 2.79. The van der Waals surface area contributed by atoms with Gasteiger partial charge in [0.05, 0.1) is 18.7 Å². The molecule has 0 aliphatic carbocycles. The minimum absolute atomic E-state index is 0.339. The van der Waals surface area contributed by atoms with Crippen LogP contribution in [-0.4, -0.2) is 56.8 Å². The highest BCUT2D eigenvalue weighted by molar-refractivity contribution is 5.92. The maximum atomic E-state index is 8.98.